The van der Waals surface area contributed by atoms with Gasteiger partial charge in [0.05, 0.1) is 5.69 Å². The molecule has 6 nitrogen and oxygen atoms in total. The van der Waals surface area contributed by atoms with Crippen molar-refractivity contribution in [2.75, 3.05) is 19.8 Å². The molecular formula is C19H26N2O4. The molecule has 1 aromatic heterocycles. The van der Waals surface area contributed by atoms with Crippen molar-refractivity contribution in [1.82, 2.24) is 9.97 Å². The molecule has 1 aliphatic rings. The number of ether oxygens (including phenoxy) is 3. The Kier molecular flexibility index (Phi) is 7.78. The third-order valence-corrected chi connectivity index (χ3v) is 3.75. The molecule has 2 aromatic rings. The first kappa shape index (κ1) is 19.3. The van der Waals surface area contributed by atoms with E-state index in [9.17, 15) is 4.79 Å². The van der Waals surface area contributed by atoms with Crippen LogP contribution in [-0.2, 0) is 27.1 Å². The Morgan fingerprint density at radius 3 is 2.24 bits per heavy atom. The van der Waals surface area contributed by atoms with Crippen LogP contribution < -0.4 is 5.69 Å². The number of hydrogen-bond donors (Lipinski definition) is 1. The van der Waals surface area contributed by atoms with Crippen molar-refractivity contribution in [3.63, 3.8) is 0 Å². The fraction of sp³-hybridized carbons (Fsp3) is 0.474. The van der Waals surface area contributed by atoms with E-state index in [-0.39, 0.29) is 5.69 Å². The Bertz CT molecular complexity index is 700. The number of benzene rings is 1. The quantitative estimate of drug-likeness (QED) is 0.814. The molecular weight excluding hydrogens is 320 g/mol. The van der Waals surface area contributed by atoms with Crippen molar-refractivity contribution < 1.29 is 14.2 Å². The Balaban J connectivity index is 0.000000199. The van der Waals surface area contributed by atoms with E-state index in [0.717, 1.165) is 29.7 Å². The summed E-state index contributed by atoms with van der Waals surface area (Å²) in [7, 11) is 0. The van der Waals surface area contributed by atoms with Gasteiger partial charge in [-0.25, -0.2) is 9.78 Å². The second-order valence-corrected chi connectivity index (χ2v) is 5.40. The zero-order valence-electron chi connectivity index (χ0n) is 15.1. The van der Waals surface area contributed by atoms with E-state index in [1.165, 1.54) is 5.56 Å². The van der Waals surface area contributed by atoms with Gasteiger partial charge in [-0.15, -0.1) is 0 Å². The lowest BCUT2D eigenvalue weighted by atomic mass is 9.90. The van der Waals surface area contributed by atoms with Gasteiger partial charge in [0.2, 0.25) is 0 Å². The first-order valence-electron chi connectivity index (χ1n) is 8.70. The maximum Gasteiger partial charge on any atom is 0.345 e. The monoisotopic (exact) mass is 346 g/mol. The van der Waals surface area contributed by atoms with Crippen LogP contribution in [0.4, 0.5) is 0 Å². The predicted molar refractivity (Wildman–Crippen MR) is 96.4 cm³/mol. The topological polar surface area (TPSA) is 73.4 Å². The summed E-state index contributed by atoms with van der Waals surface area (Å²) in [6, 6.07) is 8.18. The van der Waals surface area contributed by atoms with Crippen LogP contribution in [0, 0.1) is 0 Å². The van der Waals surface area contributed by atoms with Gasteiger partial charge in [0, 0.05) is 31.6 Å². The summed E-state index contributed by atoms with van der Waals surface area (Å²) in [6.45, 7) is 7.10. The molecule has 0 fully saturated rings. The maximum absolute atomic E-state index is 11.2. The fourth-order valence-corrected chi connectivity index (χ4v) is 2.65. The number of hydrogen-bond acceptors (Lipinski definition) is 5. The third kappa shape index (κ3) is 5.49. The fourth-order valence-electron chi connectivity index (χ4n) is 2.65. The molecule has 0 saturated heterocycles. The minimum absolute atomic E-state index is 0.273. The highest BCUT2D eigenvalue weighted by Gasteiger charge is 2.16. The van der Waals surface area contributed by atoms with Gasteiger partial charge in [-0.2, -0.15) is 0 Å². The molecule has 1 aromatic carbocycles. The molecule has 0 atom stereocenters. The summed E-state index contributed by atoms with van der Waals surface area (Å²) in [5.74, 6) is 0. The summed E-state index contributed by atoms with van der Waals surface area (Å²) in [6.07, 6.45) is 3.66. The van der Waals surface area contributed by atoms with Crippen LogP contribution in [0.5, 0.6) is 0 Å². The minimum atomic E-state index is -0.472. The van der Waals surface area contributed by atoms with Crippen molar-refractivity contribution >= 4 is 0 Å². The van der Waals surface area contributed by atoms with Crippen LogP contribution in [0.2, 0.25) is 0 Å². The van der Waals surface area contributed by atoms with Crippen molar-refractivity contribution in [2.45, 2.75) is 40.1 Å². The molecule has 136 valence electrons. The molecule has 0 spiro atoms. The molecule has 0 amide bonds. The van der Waals surface area contributed by atoms with Crippen LogP contribution in [0.15, 0.2) is 35.3 Å². The Morgan fingerprint density at radius 1 is 1.00 bits per heavy atom. The summed E-state index contributed by atoms with van der Waals surface area (Å²) in [5, 5.41) is 0. The summed E-state index contributed by atoms with van der Waals surface area (Å²) in [5.41, 5.74) is 4.24. The molecule has 0 radical (unpaired) electrons. The van der Waals surface area contributed by atoms with Gasteiger partial charge in [0.1, 0.15) is 0 Å². The first-order valence-corrected chi connectivity index (χ1v) is 8.70. The third-order valence-electron chi connectivity index (χ3n) is 3.75. The molecule has 25 heavy (non-hydrogen) atoms. The maximum atomic E-state index is 11.2. The number of aromatic amines is 1. The van der Waals surface area contributed by atoms with Crippen molar-refractivity contribution in [3.8, 4) is 11.3 Å². The van der Waals surface area contributed by atoms with Gasteiger partial charge in [-0.3, -0.25) is 0 Å². The van der Waals surface area contributed by atoms with Crippen LogP contribution in [0.25, 0.3) is 11.3 Å². The van der Waals surface area contributed by atoms with E-state index in [4.69, 9.17) is 14.2 Å². The predicted octanol–water partition coefficient (Wildman–Crippen LogP) is 2.92. The van der Waals surface area contributed by atoms with E-state index in [2.05, 4.69) is 16.0 Å². The number of fused-ring (bicyclic) bond motifs is 3. The van der Waals surface area contributed by atoms with Gasteiger partial charge in [-0.1, -0.05) is 24.3 Å². The van der Waals surface area contributed by atoms with E-state index < -0.39 is 6.48 Å². The normalized spacial score (nSPS) is 12.2. The SMILES string of the molecule is CCOC(OCC)OCC.O=c1ncc2c([nH]1)-c1ccccc1CC2. The van der Waals surface area contributed by atoms with Crippen molar-refractivity contribution in [2.24, 2.45) is 0 Å². The largest absolute Gasteiger partial charge is 0.345 e. The molecule has 1 aliphatic carbocycles. The van der Waals surface area contributed by atoms with E-state index >= 15 is 0 Å². The molecule has 6 heteroatoms. The second kappa shape index (κ2) is 10.1. The van der Waals surface area contributed by atoms with E-state index in [0.29, 0.717) is 19.8 Å². The highest BCUT2D eigenvalue weighted by atomic mass is 16.8. The molecule has 0 bridgehead atoms. The smallest absolute Gasteiger partial charge is 0.330 e. The van der Waals surface area contributed by atoms with Gasteiger partial charge < -0.3 is 19.2 Å². The summed E-state index contributed by atoms with van der Waals surface area (Å²) < 4.78 is 15.2. The first-order chi connectivity index (χ1) is 12.2. The molecule has 1 N–H and O–H groups in total. The van der Waals surface area contributed by atoms with Gasteiger partial charge in [0.25, 0.3) is 6.48 Å². The average Bonchev–Trinajstić information content (AvgIpc) is 2.63. The Labute approximate surface area is 148 Å². The zero-order chi connectivity index (χ0) is 18.1. The van der Waals surface area contributed by atoms with Crippen molar-refractivity contribution in [1.29, 1.82) is 0 Å². The number of aryl methyl sites for hydroxylation is 2. The van der Waals surface area contributed by atoms with Crippen LogP contribution in [-0.4, -0.2) is 36.3 Å². The molecule has 1 heterocycles. The van der Waals surface area contributed by atoms with E-state index in [1.54, 1.807) is 6.20 Å². The molecule has 3 rings (SSSR count). The lowest BCUT2D eigenvalue weighted by Gasteiger charge is -2.17. The molecule has 0 aliphatic heterocycles. The molecule has 0 saturated carbocycles. The van der Waals surface area contributed by atoms with Gasteiger partial charge in [-0.05, 0) is 44.7 Å². The number of H-pyrrole nitrogens is 1. The number of nitrogens with zero attached hydrogens (tertiary/aromatic N) is 1. The number of rotatable bonds is 6. The van der Waals surface area contributed by atoms with Crippen LogP contribution >= 0.6 is 0 Å². The second-order valence-electron chi connectivity index (χ2n) is 5.40. The van der Waals surface area contributed by atoms with E-state index in [1.807, 2.05) is 39.0 Å². The number of nitrogens with one attached hydrogen (secondary N) is 1. The summed E-state index contributed by atoms with van der Waals surface area (Å²) >= 11 is 0. The Hall–Kier alpha value is -2.02. The highest BCUT2D eigenvalue weighted by Crippen LogP contribution is 2.29. The standard InChI is InChI=1S/C12H10N2O.C7H16O3/c15-12-13-7-9-6-5-8-3-1-2-4-10(8)11(9)14-12;1-4-8-7(9-5-2)10-6-3/h1-4,7H,5-6H2,(H,13,14,15);7H,4-6H2,1-3H3. The summed E-state index contributed by atoms with van der Waals surface area (Å²) in [4.78, 5) is 17.8. The lowest BCUT2D eigenvalue weighted by Crippen LogP contribution is -2.20. The number of aromatic nitrogens is 2. The van der Waals surface area contributed by atoms with Gasteiger partial charge >= 0.3 is 5.69 Å². The van der Waals surface area contributed by atoms with Crippen molar-refractivity contribution in [3.05, 3.63) is 52.1 Å². The molecule has 0 unspecified atom stereocenters. The minimum Gasteiger partial charge on any atom is -0.330 e. The lowest BCUT2D eigenvalue weighted by molar-refractivity contribution is -0.282. The average molecular weight is 346 g/mol. The zero-order valence-corrected chi connectivity index (χ0v) is 15.1. The van der Waals surface area contributed by atoms with Crippen LogP contribution in [0.1, 0.15) is 31.9 Å². The Morgan fingerprint density at radius 2 is 1.60 bits per heavy atom. The van der Waals surface area contributed by atoms with Gasteiger partial charge in [0.15, 0.2) is 0 Å². The van der Waals surface area contributed by atoms with Crippen LogP contribution in [0.3, 0.4) is 0 Å². The highest BCUT2D eigenvalue weighted by molar-refractivity contribution is 5.68.